The Bertz CT molecular complexity index is 596. The minimum atomic E-state index is -0.955. The van der Waals surface area contributed by atoms with Gasteiger partial charge in [-0.2, -0.15) is 0 Å². The van der Waals surface area contributed by atoms with E-state index in [2.05, 4.69) is 4.98 Å². The molecule has 0 radical (unpaired) electrons. The van der Waals surface area contributed by atoms with E-state index in [4.69, 9.17) is 4.74 Å². The average Bonchev–Trinajstić information content (AvgIpc) is 2.48. The van der Waals surface area contributed by atoms with Gasteiger partial charge in [0.15, 0.2) is 0 Å². The third-order valence-corrected chi connectivity index (χ3v) is 3.02. The third kappa shape index (κ3) is 3.06. The van der Waals surface area contributed by atoms with E-state index in [-0.39, 0.29) is 5.56 Å². The molecule has 0 unspecified atom stereocenters. The molecule has 0 spiro atoms. The van der Waals surface area contributed by atoms with Gasteiger partial charge in [0.1, 0.15) is 5.75 Å². The van der Waals surface area contributed by atoms with Crippen molar-refractivity contribution < 1.29 is 14.6 Å². The van der Waals surface area contributed by atoms with Crippen molar-refractivity contribution in [3.63, 3.8) is 0 Å². The van der Waals surface area contributed by atoms with E-state index in [0.29, 0.717) is 12.2 Å². The number of anilines is 1. The summed E-state index contributed by atoms with van der Waals surface area (Å²) < 4.78 is 5.11. The van der Waals surface area contributed by atoms with Crippen molar-refractivity contribution in [2.75, 3.05) is 19.1 Å². The van der Waals surface area contributed by atoms with E-state index in [9.17, 15) is 9.90 Å². The van der Waals surface area contributed by atoms with Crippen molar-refractivity contribution in [2.45, 2.75) is 6.54 Å². The van der Waals surface area contributed by atoms with Gasteiger partial charge in [0.2, 0.25) is 0 Å². The van der Waals surface area contributed by atoms with Crippen molar-refractivity contribution >= 4 is 11.7 Å². The first-order valence-corrected chi connectivity index (χ1v) is 6.13. The Kier molecular flexibility index (Phi) is 4.20. The number of carboxylic acids is 1. The number of benzene rings is 1. The molecule has 0 aliphatic carbocycles. The number of ether oxygens (including phenoxy) is 1. The lowest BCUT2D eigenvalue weighted by atomic mass is 10.1. The molecule has 20 heavy (non-hydrogen) atoms. The van der Waals surface area contributed by atoms with Crippen LogP contribution in [0.2, 0.25) is 0 Å². The number of carbonyl (C=O) groups is 1. The molecule has 0 saturated heterocycles. The highest BCUT2D eigenvalue weighted by atomic mass is 16.5. The van der Waals surface area contributed by atoms with Crippen LogP contribution in [0.15, 0.2) is 42.7 Å². The highest BCUT2D eigenvalue weighted by Gasteiger charge is 2.13. The summed E-state index contributed by atoms with van der Waals surface area (Å²) in [4.78, 5) is 17.0. The average molecular weight is 272 g/mol. The molecule has 0 fully saturated rings. The van der Waals surface area contributed by atoms with Crippen molar-refractivity contribution in [1.82, 2.24) is 4.98 Å². The molecular weight excluding hydrogens is 256 g/mol. The maximum absolute atomic E-state index is 11.2. The van der Waals surface area contributed by atoms with Gasteiger partial charge >= 0.3 is 5.97 Å². The summed E-state index contributed by atoms with van der Waals surface area (Å²) in [7, 11) is 3.46. The molecule has 0 aliphatic rings. The first kappa shape index (κ1) is 13.9. The molecule has 1 N–H and O–H groups in total. The Balaban J connectivity index is 2.19. The van der Waals surface area contributed by atoms with E-state index in [0.717, 1.165) is 11.3 Å². The monoisotopic (exact) mass is 272 g/mol. The minimum Gasteiger partial charge on any atom is -0.497 e. The number of nitrogens with zero attached hydrogens (tertiary/aromatic N) is 2. The molecule has 0 atom stereocenters. The number of aromatic nitrogens is 1. The lowest BCUT2D eigenvalue weighted by molar-refractivity contribution is 0.0697. The smallest absolute Gasteiger partial charge is 0.337 e. The summed E-state index contributed by atoms with van der Waals surface area (Å²) in [6.45, 7) is 0.593. The molecule has 2 aromatic rings. The maximum atomic E-state index is 11.2. The number of hydrogen-bond donors (Lipinski definition) is 1. The van der Waals surface area contributed by atoms with Gasteiger partial charge in [-0.05, 0) is 23.8 Å². The van der Waals surface area contributed by atoms with Gasteiger partial charge in [0.25, 0.3) is 0 Å². The Labute approximate surface area is 117 Å². The Morgan fingerprint density at radius 1 is 1.30 bits per heavy atom. The molecule has 104 valence electrons. The maximum Gasteiger partial charge on any atom is 0.337 e. The zero-order valence-corrected chi connectivity index (χ0v) is 11.4. The molecular formula is C15H16N2O3. The van der Waals surface area contributed by atoms with Crippen LogP contribution >= 0.6 is 0 Å². The Morgan fingerprint density at radius 2 is 2.00 bits per heavy atom. The van der Waals surface area contributed by atoms with Crippen LogP contribution in [0.5, 0.6) is 5.75 Å². The summed E-state index contributed by atoms with van der Waals surface area (Å²) >= 11 is 0. The van der Waals surface area contributed by atoms with Crippen LogP contribution in [0.3, 0.4) is 0 Å². The van der Waals surface area contributed by atoms with Crippen LogP contribution < -0.4 is 9.64 Å². The van der Waals surface area contributed by atoms with E-state index in [1.54, 1.807) is 13.3 Å². The fourth-order valence-corrected chi connectivity index (χ4v) is 1.96. The van der Waals surface area contributed by atoms with Gasteiger partial charge in [-0.25, -0.2) is 4.79 Å². The third-order valence-electron chi connectivity index (χ3n) is 3.02. The second-order valence-electron chi connectivity index (χ2n) is 4.40. The summed E-state index contributed by atoms with van der Waals surface area (Å²) in [6.07, 6.45) is 3.04. The molecule has 0 amide bonds. The normalized spacial score (nSPS) is 10.1. The number of aromatic carboxylic acids is 1. The molecule has 2 rings (SSSR count). The minimum absolute atomic E-state index is 0.246. The molecule has 5 nitrogen and oxygen atoms in total. The second kappa shape index (κ2) is 6.06. The molecule has 1 aromatic heterocycles. The van der Waals surface area contributed by atoms with Gasteiger partial charge in [0, 0.05) is 19.8 Å². The summed E-state index contributed by atoms with van der Waals surface area (Å²) in [6, 6.07) is 9.16. The quantitative estimate of drug-likeness (QED) is 0.905. The molecule has 1 aromatic carbocycles. The van der Waals surface area contributed by atoms with E-state index in [1.165, 1.54) is 12.3 Å². The molecule has 0 saturated carbocycles. The van der Waals surface area contributed by atoms with Gasteiger partial charge in [-0.3, -0.25) is 4.98 Å². The summed E-state index contributed by atoms with van der Waals surface area (Å²) in [5.74, 6) is -0.159. The number of methoxy groups -OCH3 is 1. The topological polar surface area (TPSA) is 62.7 Å². The van der Waals surface area contributed by atoms with Gasteiger partial charge in [0.05, 0.1) is 24.6 Å². The fourth-order valence-electron chi connectivity index (χ4n) is 1.96. The molecule has 1 heterocycles. The van der Waals surface area contributed by atoms with Crippen molar-refractivity contribution in [3.8, 4) is 5.75 Å². The highest BCUT2D eigenvalue weighted by Crippen LogP contribution is 2.20. The van der Waals surface area contributed by atoms with Crippen LogP contribution in [0.25, 0.3) is 0 Å². The Hall–Kier alpha value is -2.56. The lowest BCUT2D eigenvalue weighted by Gasteiger charge is -2.20. The second-order valence-corrected chi connectivity index (χ2v) is 4.40. The number of rotatable bonds is 5. The van der Waals surface area contributed by atoms with E-state index >= 15 is 0 Å². The van der Waals surface area contributed by atoms with Crippen molar-refractivity contribution in [2.24, 2.45) is 0 Å². The lowest BCUT2D eigenvalue weighted by Crippen LogP contribution is -2.19. The standard InChI is InChI=1S/C15H16N2O3/c1-17(10-11-3-5-12(20-2)6-4-11)14-9-16-8-7-13(14)15(18)19/h3-9H,10H2,1-2H3,(H,18,19). The van der Waals surface area contributed by atoms with Crippen molar-refractivity contribution in [3.05, 3.63) is 53.9 Å². The number of hydrogen-bond acceptors (Lipinski definition) is 4. The van der Waals surface area contributed by atoms with Crippen LogP contribution in [-0.4, -0.2) is 30.2 Å². The van der Waals surface area contributed by atoms with Gasteiger partial charge < -0.3 is 14.7 Å². The number of pyridine rings is 1. The Morgan fingerprint density at radius 3 is 2.60 bits per heavy atom. The van der Waals surface area contributed by atoms with E-state index in [1.807, 2.05) is 36.2 Å². The zero-order valence-electron chi connectivity index (χ0n) is 11.4. The van der Waals surface area contributed by atoms with E-state index < -0.39 is 5.97 Å². The molecule has 0 aliphatic heterocycles. The van der Waals surface area contributed by atoms with Crippen LogP contribution in [0.4, 0.5) is 5.69 Å². The predicted molar refractivity (Wildman–Crippen MR) is 76.3 cm³/mol. The molecule has 0 bridgehead atoms. The largest absolute Gasteiger partial charge is 0.497 e. The van der Waals surface area contributed by atoms with Gasteiger partial charge in [-0.15, -0.1) is 0 Å². The fraction of sp³-hybridized carbons (Fsp3) is 0.200. The molecule has 5 heteroatoms. The van der Waals surface area contributed by atoms with Crippen molar-refractivity contribution in [1.29, 1.82) is 0 Å². The predicted octanol–water partition coefficient (Wildman–Crippen LogP) is 2.42. The number of carboxylic acid groups (broad SMARTS) is 1. The summed E-state index contributed by atoms with van der Waals surface area (Å²) in [5.41, 5.74) is 1.90. The first-order valence-electron chi connectivity index (χ1n) is 6.13. The highest BCUT2D eigenvalue weighted by molar-refractivity contribution is 5.94. The SMILES string of the molecule is COc1ccc(CN(C)c2cnccc2C(=O)O)cc1. The van der Waals surface area contributed by atoms with Crippen LogP contribution in [-0.2, 0) is 6.54 Å². The van der Waals surface area contributed by atoms with Gasteiger partial charge in [-0.1, -0.05) is 12.1 Å². The summed E-state index contributed by atoms with van der Waals surface area (Å²) in [5, 5.41) is 9.18. The van der Waals surface area contributed by atoms with Crippen LogP contribution in [0, 0.1) is 0 Å². The first-order chi connectivity index (χ1) is 9.61. The van der Waals surface area contributed by atoms with Crippen LogP contribution in [0.1, 0.15) is 15.9 Å². The zero-order chi connectivity index (χ0) is 14.5.